The molecule has 2 aliphatic rings. The molecule has 5 heteroatoms. The summed E-state index contributed by atoms with van der Waals surface area (Å²) in [6, 6.07) is 10.6. The number of benzene rings is 1. The average molecular weight is 352 g/mol. The lowest BCUT2D eigenvalue weighted by molar-refractivity contribution is 0.0575. The van der Waals surface area contributed by atoms with Crippen LogP contribution in [0.2, 0.25) is 0 Å². The van der Waals surface area contributed by atoms with Gasteiger partial charge in [0.25, 0.3) is 5.91 Å². The fourth-order valence-corrected chi connectivity index (χ4v) is 4.60. The number of piperidine rings is 2. The van der Waals surface area contributed by atoms with Gasteiger partial charge in [0.1, 0.15) is 0 Å². The lowest BCUT2D eigenvalue weighted by atomic mass is 9.83. The van der Waals surface area contributed by atoms with Gasteiger partial charge in [-0.15, -0.1) is 0 Å². The Labute approximate surface area is 155 Å². The predicted molar refractivity (Wildman–Crippen MR) is 103 cm³/mol. The van der Waals surface area contributed by atoms with E-state index in [1.54, 1.807) is 6.20 Å². The third kappa shape index (κ3) is 3.40. The molecule has 26 heavy (non-hydrogen) atoms. The van der Waals surface area contributed by atoms with Gasteiger partial charge in [-0.1, -0.05) is 24.6 Å². The van der Waals surface area contributed by atoms with E-state index in [-0.39, 0.29) is 5.91 Å². The summed E-state index contributed by atoms with van der Waals surface area (Å²) in [6.45, 7) is 5.20. The van der Waals surface area contributed by atoms with Gasteiger partial charge in [0.2, 0.25) is 0 Å². The molecule has 138 valence electrons. The highest BCUT2D eigenvalue weighted by molar-refractivity contribution is 5.95. The van der Waals surface area contributed by atoms with Crippen molar-refractivity contribution in [3.63, 3.8) is 0 Å². The molecule has 1 N–H and O–H groups in total. The van der Waals surface area contributed by atoms with Crippen molar-refractivity contribution < 1.29 is 4.79 Å². The molecular formula is C21H28N4O. The second-order valence-electron chi connectivity index (χ2n) is 7.60. The zero-order chi connectivity index (χ0) is 17.9. The lowest BCUT2D eigenvalue weighted by Crippen LogP contribution is -2.51. The molecule has 1 aromatic heterocycles. The fourth-order valence-electron chi connectivity index (χ4n) is 4.60. The number of carbonyl (C=O) groups excluding carboxylic acids is 1. The van der Waals surface area contributed by atoms with Gasteiger partial charge in [-0.3, -0.25) is 4.79 Å². The zero-order valence-electron chi connectivity index (χ0n) is 15.5. The molecule has 4 rings (SSSR count). The molecule has 2 unspecified atom stereocenters. The Hall–Kier alpha value is -2.14. The van der Waals surface area contributed by atoms with E-state index in [0.29, 0.717) is 17.5 Å². The van der Waals surface area contributed by atoms with E-state index in [0.717, 1.165) is 17.9 Å². The molecule has 2 fully saturated rings. The highest BCUT2D eigenvalue weighted by Crippen LogP contribution is 2.30. The van der Waals surface area contributed by atoms with Gasteiger partial charge in [-0.25, -0.2) is 4.68 Å². The summed E-state index contributed by atoms with van der Waals surface area (Å²) < 4.78 is 1.83. The van der Waals surface area contributed by atoms with Crippen LogP contribution in [-0.2, 0) is 0 Å². The summed E-state index contributed by atoms with van der Waals surface area (Å²) in [5, 5.41) is 7.60. The van der Waals surface area contributed by atoms with Crippen LogP contribution in [0.1, 0.15) is 48.2 Å². The number of rotatable bonds is 4. The van der Waals surface area contributed by atoms with Gasteiger partial charge in [-0.05, 0) is 63.7 Å². The second kappa shape index (κ2) is 7.62. The van der Waals surface area contributed by atoms with Crippen LogP contribution in [0.5, 0.6) is 0 Å². The largest absolute Gasteiger partial charge is 0.352 e. The molecule has 2 saturated heterocycles. The van der Waals surface area contributed by atoms with Gasteiger partial charge in [0.05, 0.1) is 23.1 Å². The Bertz CT molecular complexity index is 753. The normalized spacial score (nSPS) is 23.4. The maximum absolute atomic E-state index is 12.7. The minimum Gasteiger partial charge on any atom is -0.352 e. The lowest BCUT2D eigenvalue weighted by Gasteiger charge is -2.44. The van der Waals surface area contributed by atoms with Crippen molar-refractivity contribution >= 4 is 5.91 Å². The summed E-state index contributed by atoms with van der Waals surface area (Å²) in [5.74, 6) is 0.579. The van der Waals surface area contributed by atoms with Crippen LogP contribution in [0.4, 0.5) is 0 Å². The monoisotopic (exact) mass is 352 g/mol. The first-order chi connectivity index (χ1) is 12.7. The highest BCUT2D eigenvalue weighted by Gasteiger charge is 2.33. The average Bonchev–Trinajstić information content (AvgIpc) is 3.08. The first-order valence-corrected chi connectivity index (χ1v) is 9.86. The highest BCUT2D eigenvalue weighted by atomic mass is 16.1. The van der Waals surface area contributed by atoms with Crippen LogP contribution in [0.15, 0.2) is 36.5 Å². The molecule has 0 aliphatic carbocycles. The van der Waals surface area contributed by atoms with Gasteiger partial charge in [0, 0.05) is 12.6 Å². The maximum atomic E-state index is 12.7. The minimum absolute atomic E-state index is 0.00221. The summed E-state index contributed by atoms with van der Waals surface area (Å²) in [7, 11) is 0. The molecule has 0 spiro atoms. The van der Waals surface area contributed by atoms with E-state index < -0.39 is 0 Å². The summed E-state index contributed by atoms with van der Waals surface area (Å²) in [4.78, 5) is 15.4. The van der Waals surface area contributed by atoms with Gasteiger partial charge >= 0.3 is 0 Å². The molecule has 1 aromatic carbocycles. The van der Waals surface area contributed by atoms with Crippen LogP contribution >= 0.6 is 0 Å². The number of nitrogens with one attached hydrogen (secondary N) is 1. The predicted octanol–water partition coefficient (Wildman–Crippen LogP) is 3.18. The zero-order valence-corrected chi connectivity index (χ0v) is 15.5. The SMILES string of the molecule is Cc1c(C(=O)NCC2CCCN3CCCCC23)cnn1-c1ccccc1. The maximum Gasteiger partial charge on any atom is 0.254 e. The van der Waals surface area contributed by atoms with Crippen molar-refractivity contribution in [2.45, 2.75) is 45.1 Å². The van der Waals surface area contributed by atoms with E-state index >= 15 is 0 Å². The molecule has 5 nitrogen and oxygen atoms in total. The van der Waals surface area contributed by atoms with E-state index in [2.05, 4.69) is 15.3 Å². The van der Waals surface area contributed by atoms with Crippen molar-refractivity contribution in [1.82, 2.24) is 20.0 Å². The molecule has 0 radical (unpaired) electrons. The standard InChI is InChI=1S/C21H28N4O/c1-16-19(15-23-25(16)18-9-3-2-4-10-18)21(26)22-14-17-8-7-13-24-12-6-5-11-20(17)24/h2-4,9-10,15,17,20H,5-8,11-14H2,1H3,(H,22,26). The van der Waals surface area contributed by atoms with Crippen LogP contribution < -0.4 is 5.32 Å². The molecule has 2 aromatic rings. The molecule has 0 saturated carbocycles. The van der Waals surface area contributed by atoms with Crippen molar-refractivity contribution in [3.05, 3.63) is 47.8 Å². The molecule has 0 bridgehead atoms. The van der Waals surface area contributed by atoms with Gasteiger partial charge in [0.15, 0.2) is 0 Å². The Balaban J connectivity index is 1.42. The smallest absolute Gasteiger partial charge is 0.254 e. The Morgan fingerprint density at radius 1 is 1.15 bits per heavy atom. The van der Waals surface area contributed by atoms with Crippen molar-refractivity contribution in [2.24, 2.45) is 5.92 Å². The number of fused-ring (bicyclic) bond motifs is 1. The number of hydrogen-bond donors (Lipinski definition) is 1. The van der Waals surface area contributed by atoms with Crippen molar-refractivity contribution in [2.75, 3.05) is 19.6 Å². The molecule has 1 amide bonds. The Morgan fingerprint density at radius 3 is 2.81 bits per heavy atom. The van der Waals surface area contributed by atoms with E-state index in [4.69, 9.17) is 0 Å². The van der Waals surface area contributed by atoms with Crippen LogP contribution in [-0.4, -0.2) is 46.3 Å². The van der Waals surface area contributed by atoms with Crippen molar-refractivity contribution in [1.29, 1.82) is 0 Å². The fraction of sp³-hybridized carbons (Fsp3) is 0.524. The number of hydrogen-bond acceptors (Lipinski definition) is 3. The first-order valence-electron chi connectivity index (χ1n) is 9.86. The number of nitrogens with zero attached hydrogens (tertiary/aromatic N) is 3. The Kier molecular flexibility index (Phi) is 5.07. The van der Waals surface area contributed by atoms with Gasteiger partial charge < -0.3 is 10.2 Å². The summed E-state index contributed by atoms with van der Waals surface area (Å²) in [5.41, 5.74) is 2.54. The van der Waals surface area contributed by atoms with Crippen LogP contribution in [0, 0.1) is 12.8 Å². The topological polar surface area (TPSA) is 50.2 Å². The summed E-state index contributed by atoms with van der Waals surface area (Å²) in [6.07, 6.45) is 8.10. The first kappa shape index (κ1) is 17.3. The molecule has 3 heterocycles. The van der Waals surface area contributed by atoms with Gasteiger partial charge in [-0.2, -0.15) is 5.10 Å². The minimum atomic E-state index is -0.00221. The van der Waals surface area contributed by atoms with E-state index in [9.17, 15) is 4.79 Å². The van der Waals surface area contributed by atoms with E-state index in [1.165, 1.54) is 45.2 Å². The number of para-hydroxylation sites is 1. The molecular weight excluding hydrogens is 324 g/mol. The van der Waals surface area contributed by atoms with Crippen molar-refractivity contribution in [3.8, 4) is 5.69 Å². The number of amides is 1. The Morgan fingerprint density at radius 2 is 1.96 bits per heavy atom. The van der Waals surface area contributed by atoms with Crippen LogP contribution in [0.3, 0.4) is 0 Å². The molecule has 2 atom stereocenters. The number of aromatic nitrogens is 2. The molecule has 2 aliphatic heterocycles. The van der Waals surface area contributed by atoms with Crippen LogP contribution in [0.25, 0.3) is 5.69 Å². The third-order valence-electron chi connectivity index (χ3n) is 6.01. The number of carbonyl (C=O) groups is 1. The quantitative estimate of drug-likeness (QED) is 0.919. The second-order valence-corrected chi connectivity index (χ2v) is 7.60. The third-order valence-corrected chi connectivity index (χ3v) is 6.01. The van der Waals surface area contributed by atoms with E-state index in [1.807, 2.05) is 41.9 Å². The summed E-state index contributed by atoms with van der Waals surface area (Å²) >= 11 is 0.